The number of methoxy groups -OCH3 is 1. The lowest BCUT2D eigenvalue weighted by Gasteiger charge is -2.14. The zero-order chi connectivity index (χ0) is 14.3. The van der Waals surface area contributed by atoms with E-state index in [1.165, 1.54) is 18.5 Å². The number of aromatic nitrogens is 1. The lowest BCUT2D eigenvalue weighted by molar-refractivity contribution is -0.122. The van der Waals surface area contributed by atoms with Crippen molar-refractivity contribution < 1.29 is 14.3 Å². The zero-order valence-electron chi connectivity index (χ0n) is 10.8. The third-order valence-corrected chi connectivity index (χ3v) is 2.69. The highest BCUT2D eigenvalue weighted by Crippen LogP contribution is 2.13. The second kappa shape index (κ2) is 7.70. The smallest absolute Gasteiger partial charge is 0.255 e. The second-order valence-corrected chi connectivity index (χ2v) is 4.24. The van der Waals surface area contributed by atoms with Gasteiger partial charge in [0.05, 0.1) is 17.2 Å². The fraction of sp³-hybridized carbons (Fsp3) is 0.417. The molecule has 0 spiro atoms. The van der Waals surface area contributed by atoms with E-state index >= 15 is 0 Å². The van der Waals surface area contributed by atoms with E-state index in [4.69, 9.17) is 16.3 Å². The first-order valence-electron chi connectivity index (χ1n) is 5.73. The molecule has 1 rings (SSSR count). The van der Waals surface area contributed by atoms with Crippen LogP contribution in [0.5, 0.6) is 0 Å². The Morgan fingerprint density at radius 2 is 2.26 bits per heavy atom. The van der Waals surface area contributed by atoms with E-state index < -0.39 is 11.9 Å². The lowest BCUT2D eigenvalue weighted by atomic mass is 10.2. The van der Waals surface area contributed by atoms with E-state index in [1.54, 1.807) is 14.0 Å². The number of nitrogens with zero attached hydrogens (tertiary/aromatic N) is 1. The van der Waals surface area contributed by atoms with Gasteiger partial charge in [-0.05, 0) is 13.0 Å². The van der Waals surface area contributed by atoms with Crippen molar-refractivity contribution in [3.8, 4) is 0 Å². The van der Waals surface area contributed by atoms with Gasteiger partial charge in [0.1, 0.15) is 6.04 Å². The quantitative estimate of drug-likeness (QED) is 0.751. The first kappa shape index (κ1) is 15.4. The SMILES string of the molecule is COCCNC(=O)C(C)NC(=O)c1cnccc1Cl. The molecule has 0 saturated carbocycles. The molecule has 0 saturated heterocycles. The summed E-state index contributed by atoms with van der Waals surface area (Å²) >= 11 is 5.87. The van der Waals surface area contributed by atoms with Crippen LogP contribution >= 0.6 is 11.6 Å². The maximum Gasteiger partial charge on any atom is 0.255 e. The molecule has 0 aromatic carbocycles. The number of ether oxygens (including phenoxy) is 1. The number of halogens is 1. The van der Waals surface area contributed by atoms with Crippen LogP contribution in [0.25, 0.3) is 0 Å². The van der Waals surface area contributed by atoms with Crippen LogP contribution in [0.4, 0.5) is 0 Å². The van der Waals surface area contributed by atoms with Crippen LogP contribution in [0.15, 0.2) is 18.5 Å². The first-order chi connectivity index (χ1) is 9.06. The number of rotatable bonds is 6. The Morgan fingerprint density at radius 3 is 2.89 bits per heavy atom. The van der Waals surface area contributed by atoms with E-state index in [0.29, 0.717) is 18.2 Å². The molecule has 0 aliphatic carbocycles. The van der Waals surface area contributed by atoms with Gasteiger partial charge in [-0.3, -0.25) is 14.6 Å². The van der Waals surface area contributed by atoms with E-state index in [2.05, 4.69) is 15.6 Å². The highest BCUT2D eigenvalue weighted by atomic mass is 35.5. The summed E-state index contributed by atoms with van der Waals surface area (Å²) in [4.78, 5) is 27.3. The number of nitrogens with one attached hydrogen (secondary N) is 2. The largest absolute Gasteiger partial charge is 0.383 e. The molecular weight excluding hydrogens is 270 g/mol. The van der Waals surface area contributed by atoms with Crippen molar-refractivity contribution in [2.24, 2.45) is 0 Å². The predicted octanol–water partition coefficient (Wildman–Crippen LogP) is 0.616. The molecule has 0 aliphatic heterocycles. The number of hydrogen-bond donors (Lipinski definition) is 2. The van der Waals surface area contributed by atoms with E-state index in [9.17, 15) is 9.59 Å². The molecule has 1 heterocycles. The first-order valence-corrected chi connectivity index (χ1v) is 6.11. The molecule has 0 aliphatic rings. The minimum atomic E-state index is -0.666. The third-order valence-electron chi connectivity index (χ3n) is 2.36. The van der Waals surface area contributed by atoms with Crippen LogP contribution in [0.2, 0.25) is 5.02 Å². The molecule has 2 N–H and O–H groups in total. The van der Waals surface area contributed by atoms with Crippen molar-refractivity contribution in [3.63, 3.8) is 0 Å². The third kappa shape index (κ3) is 4.84. The van der Waals surface area contributed by atoms with Crippen LogP contribution in [0.3, 0.4) is 0 Å². The van der Waals surface area contributed by atoms with Gasteiger partial charge >= 0.3 is 0 Å². The molecule has 2 amide bonds. The highest BCUT2D eigenvalue weighted by Gasteiger charge is 2.17. The molecular formula is C12H16ClN3O3. The summed E-state index contributed by atoms with van der Waals surface area (Å²) in [6, 6.07) is 0.848. The maximum atomic E-state index is 11.9. The lowest BCUT2D eigenvalue weighted by Crippen LogP contribution is -2.45. The summed E-state index contributed by atoms with van der Waals surface area (Å²) in [5.41, 5.74) is 0.237. The molecule has 1 unspecified atom stereocenters. The Hall–Kier alpha value is -1.66. The van der Waals surface area contributed by atoms with E-state index in [1.807, 2.05) is 0 Å². The summed E-state index contributed by atoms with van der Waals surface area (Å²) in [6.45, 7) is 2.40. The summed E-state index contributed by atoms with van der Waals surface area (Å²) in [5, 5.41) is 5.47. The molecule has 104 valence electrons. The van der Waals surface area contributed by atoms with Crippen LogP contribution in [0, 0.1) is 0 Å². The zero-order valence-corrected chi connectivity index (χ0v) is 11.5. The fourth-order valence-electron chi connectivity index (χ4n) is 1.31. The highest BCUT2D eigenvalue weighted by molar-refractivity contribution is 6.33. The normalized spacial score (nSPS) is 11.7. The molecule has 6 nitrogen and oxygen atoms in total. The minimum Gasteiger partial charge on any atom is -0.383 e. The monoisotopic (exact) mass is 285 g/mol. The van der Waals surface area contributed by atoms with Crippen LogP contribution < -0.4 is 10.6 Å². The molecule has 7 heteroatoms. The topological polar surface area (TPSA) is 80.3 Å². The molecule has 1 atom stereocenters. The number of carbonyl (C=O) groups is 2. The van der Waals surface area contributed by atoms with Gasteiger partial charge in [0, 0.05) is 26.0 Å². The Balaban J connectivity index is 2.52. The standard InChI is InChI=1S/C12H16ClN3O3/c1-8(11(17)15-5-6-19-2)16-12(18)9-7-14-4-3-10(9)13/h3-4,7-8H,5-6H2,1-2H3,(H,15,17)(H,16,18). The van der Waals surface area contributed by atoms with Crippen molar-refractivity contribution in [1.82, 2.24) is 15.6 Å². The number of carbonyl (C=O) groups excluding carboxylic acids is 2. The Kier molecular flexibility index (Phi) is 6.24. The number of amides is 2. The van der Waals surface area contributed by atoms with Crippen LogP contribution in [-0.2, 0) is 9.53 Å². The molecule has 0 radical (unpaired) electrons. The van der Waals surface area contributed by atoms with Crippen molar-refractivity contribution in [1.29, 1.82) is 0 Å². The summed E-state index contributed by atoms with van der Waals surface area (Å²) < 4.78 is 4.81. The average molecular weight is 286 g/mol. The summed E-state index contributed by atoms with van der Waals surface area (Å²) in [5.74, 6) is -0.724. The molecule has 1 aromatic heterocycles. The number of pyridine rings is 1. The van der Waals surface area contributed by atoms with Crippen LogP contribution in [-0.4, -0.2) is 43.1 Å². The average Bonchev–Trinajstić information content (AvgIpc) is 2.39. The fourth-order valence-corrected chi connectivity index (χ4v) is 1.50. The van der Waals surface area contributed by atoms with Crippen molar-refractivity contribution in [2.45, 2.75) is 13.0 Å². The molecule has 0 bridgehead atoms. The van der Waals surface area contributed by atoms with Crippen molar-refractivity contribution >= 4 is 23.4 Å². The van der Waals surface area contributed by atoms with Gasteiger partial charge in [-0.2, -0.15) is 0 Å². The van der Waals surface area contributed by atoms with E-state index in [-0.39, 0.29) is 11.5 Å². The minimum absolute atomic E-state index is 0.237. The van der Waals surface area contributed by atoms with Gasteiger partial charge in [-0.25, -0.2) is 0 Å². The van der Waals surface area contributed by atoms with Gasteiger partial charge in [0.25, 0.3) is 5.91 Å². The van der Waals surface area contributed by atoms with Crippen molar-refractivity contribution in [3.05, 3.63) is 29.0 Å². The summed E-state index contributed by atoms with van der Waals surface area (Å²) in [6.07, 6.45) is 2.84. The Bertz CT molecular complexity index is 454. The number of hydrogen-bond acceptors (Lipinski definition) is 4. The van der Waals surface area contributed by atoms with Gasteiger partial charge in [-0.1, -0.05) is 11.6 Å². The van der Waals surface area contributed by atoms with Gasteiger partial charge in [0.2, 0.25) is 5.91 Å². The molecule has 1 aromatic rings. The van der Waals surface area contributed by atoms with Crippen molar-refractivity contribution in [2.75, 3.05) is 20.3 Å². The maximum absolute atomic E-state index is 11.9. The molecule has 0 fully saturated rings. The van der Waals surface area contributed by atoms with Crippen LogP contribution in [0.1, 0.15) is 17.3 Å². The molecule has 19 heavy (non-hydrogen) atoms. The Labute approximate surface area is 116 Å². The van der Waals surface area contributed by atoms with Gasteiger partial charge in [-0.15, -0.1) is 0 Å². The second-order valence-electron chi connectivity index (χ2n) is 3.83. The van der Waals surface area contributed by atoms with Gasteiger partial charge < -0.3 is 15.4 Å². The Morgan fingerprint density at radius 1 is 1.53 bits per heavy atom. The predicted molar refractivity (Wildman–Crippen MR) is 71.1 cm³/mol. The van der Waals surface area contributed by atoms with Gasteiger partial charge in [0.15, 0.2) is 0 Å². The van der Waals surface area contributed by atoms with E-state index in [0.717, 1.165) is 0 Å². The summed E-state index contributed by atoms with van der Waals surface area (Å²) in [7, 11) is 1.54.